The predicted molar refractivity (Wildman–Crippen MR) is 74.1 cm³/mol. The summed E-state index contributed by atoms with van der Waals surface area (Å²) in [4.78, 5) is 12.5. The first-order valence-corrected chi connectivity index (χ1v) is 6.47. The fraction of sp³-hybridized carbons (Fsp3) is 0.308. The van der Waals surface area contributed by atoms with Crippen LogP contribution in [0.25, 0.3) is 11.0 Å². The van der Waals surface area contributed by atoms with Crippen molar-refractivity contribution in [2.75, 3.05) is 11.9 Å². The van der Waals surface area contributed by atoms with Gasteiger partial charge in [-0.05, 0) is 18.6 Å². The number of halogens is 1. The number of aliphatic hydroxyl groups excluding tert-OH is 1. The molecule has 0 bridgehead atoms. The molecule has 0 aliphatic heterocycles. The molecule has 0 radical (unpaired) electrons. The van der Waals surface area contributed by atoms with E-state index < -0.39 is 0 Å². The number of nitrogens with one attached hydrogen (secondary N) is 1. The van der Waals surface area contributed by atoms with Crippen LogP contribution in [0.15, 0.2) is 30.6 Å². The molecule has 0 fully saturated rings. The van der Waals surface area contributed by atoms with Crippen molar-refractivity contribution in [2.45, 2.75) is 12.5 Å². The number of rotatable bonds is 3. The van der Waals surface area contributed by atoms with Crippen molar-refractivity contribution >= 4 is 28.5 Å². The minimum Gasteiger partial charge on any atom is -0.396 e. The highest BCUT2D eigenvalue weighted by Crippen LogP contribution is 2.24. The van der Waals surface area contributed by atoms with Gasteiger partial charge in [-0.1, -0.05) is 23.8 Å². The van der Waals surface area contributed by atoms with Gasteiger partial charge >= 0.3 is 0 Å². The minimum absolute atomic E-state index is 0.172. The van der Waals surface area contributed by atoms with Crippen molar-refractivity contribution < 1.29 is 5.11 Å². The van der Waals surface area contributed by atoms with Gasteiger partial charge in [-0.25, -0.2) is 15.0 Å². The Morgan fingerprint density at radius 1 is 1.32 bits per heavy atom. The molecule has 2 aromatic rings. The van der Waals surface area contributed by atoms with E-state index in [1.165, 1.54) is 6.33 Å². The van der Waals surface area contributed by atoms with Crippen LogP contribution >= 0.6 is 11.6 Å². The molecule has 0 aromatic carbocycles. The molecule has 5 nitrogen and oxygen atoms in total. The normalized spacial score (nSPS) is 22.0. The maximum atomic E-state index is 9.12. The van der Waals surface area contributed by atoms with Crippen molar-refractivity contribution in [2.24, 2.45) is 5.92 Å². The van der Waals surface area contributed by atoms with Crippen LogP contribution in [0.2, 0.25) is 5.15 Å². The predicted octanol–water partition coefficient (Wildman–Crippen LogP) is 2.03. The number of anilines is 1. The van der Waals surface area contributed by atoms with E-state index in [1.54, 1.807) is 6.07 Å². The van der Waals surface area contributed by atoms with E-state index in [0.717, 1.165) is 17.6 Å². The molecule has 6 heteroatoms. The second-order valence-electron chi connectivity index (χ2n) is 4.54. The van der Waals surface area contributed by atoms with E-state index in [2.05, 4.69) is 26.3 Å². The third kappa shape index (κ3) is 2.52. The van der Waals surface area contributed by atoms with E-state index in [1.807, 2.05) is 12.1 Å². The van der Waals surface area contributed by atoms with E-state index in [4.69, 9.17) is 16.7 Å². The standard InChI is InChI=1S/C13H13ClN4O/c14-11-4-3-10-12(15-7-16-13(10)18-11)17-9-2-1-8(5-9)6-19/h1-4,7-9,19H,5-6H2,(H,15,16,17,18)/t8-,9+/m0/s1. The molecule has 98 valence electrons. The van der Waals surface area contributed by atoms with Gasteiger partial charge in [0.15, 0.2) is 5.65 Å². The van der Waals surface area contributed by atoms with Gasteiger partial charge in [0.25, 0.3) is 0 Å². The molecule has 0 saturated carbocycles. The summed E-state index contributed by atoms with van der Waals surface area (Å²) in [5, 5.41) is 13.7. The van der Waals surface area contributed by atoms with Crippen molar-refractivity contribution in [3.63, 3.8) is 0 Å². The second-order valence-corrected chi connectivity index (χ2v) is 4.93. The van der Waals surface area contributed by atoms with Gasteiger partial charge < -0.3 is 10.4 Å². The Balaban J connectivity index is 1.87. The van der Waals surface area contributed by atoms with Gasteiger partial charge in [-0.15, -0.1) is 0 Å². The monoisotopic (exact) mass is 276 g/mol. The van der Waals surface area contributed by atoms with E-state index in [0.29, 0.717) is 10.8 Å². The number of pyridine rings is 1. The summed E-state index contributed by atoms with van der Waals surface area (Å²) in [5.41, 5.74) is 0.575. The number of aliphatic hydroxyl groups is 1. The lowest BCUT2D eigenvalue weighted by atomic mass is 10.1. The lowest BCUT2D eigenvalue weighted by Gasteiger charge is -2.14. The molecular formula is C13H13ClN4O. The zero-order valence-corrected chi connectivity index (χ0v) is 10.9. The first-order chi connectivity index (χ1) is 9.26. The Morgan fingerprint density at radius 2 is 2.21 bits per heavy atom. The maximum Gasteiger partial charge on any atom is 0.166 e. The van der Waals surface area contributed by atoms with Crippen molar-refractivity contribution in [1.82, 2.24) is 15.0 Å². The van der Waals surface area contributed by atoms with Gasteiger partial charge in [-0.2, -0.15) is 0 Å². The molecule has 2 atom stereocenters. The van der Waals surface area contributed by atoms with Crippen LogP contribution in [-0.4, -0.2) is 32.7 Å². The van der Waals surface area contributed by atoms with Crippen molar-refractivity contribution in [3.05, 3.63) is 35.8 Å². The van der Waals surface area contributed by atoms with Crippen LogP contribution in [0.4, 0.5) is 5.82 Å². The van der Waals surface area contributed by atoms with Gasteiger partial charge in [-0.3, -0.25) is 0 Å². The van der Waals surface area contributed by atoms with Crippen LogP contribution in [0.5, 0.6) is 0 Å². The van der Waals surface area contributed by atoms with Crippen LogP contribution in [0.3, 0.4) is 0 Å². The van der Waals surface area contributed by atoms with Crippen LogP contribution in [-0.2, 0) is 0 Å². The highest BCUT2D eigenvalue weighted by atomic mass is 35.5. The highest BCUT2D eigenvalue weighted by Gasteiger charge is 2.19. The minimum atomic E-state index is 0.172. The molecule has 19 heavy (non-hydrogen) atoms. The van der Waals surface area contributed by atoms with Crippen LogP contribution < -0.4 is 5.32 Å². The smallest absolute Gasteiger partial charge is 0.166 e. The van der Waals surface area contributed by atoms with Crippen molar-refractivity contribution in [1.29, 1.82) is 0 Å². The first kappa shape index (κ1) is 12.3. The molecule has 2 aromatic heterocycles. The summed E-state index contributed by atoms with van der Waals surface area (Å²) in [6.07, 6.45) is 6.41. The summed E-state index contributed by atoms with van der Waals surface area (Å²) in [6.45, 7) is 0.177. The summed E-state index contributed by atoms with van der Waals surface area (Å²) < 4.78 is 0. The molecule has 1 aliphatic carbocycles. The number of hydrogen-bond acceptors (Lipinski definition) is 5. The van der Waals surface area contributed by atoms with E-state index in [9.17, 15) is 0 Å². The summed E-state index contributed by atoms with van der Waals surface area (Å²) >= 11 is 5.85. The third-order valence-electron chi connectivity index (χ3n) is 3.19. The molecule has 1 aliphatic rings. The average Bonchev–Trinajstić information content (AvgIpc) is 2.86. The third-order valence-corrected chi connectivity index (χ3v) is 3.40. The molecule has 0 unspecified atom stereocenters. The zero-order chi connectivity index (χ0) is 13.2. The fourth-order valence-corrected chi connectivity index (χ4v) is 2.37. The molecule has 0 saturated heterocycles. The van der Waals surface area contributed by atoms with Crippen molar-refractivity contribution in [3.8, 4) is 0 Å². The Bertz CT molecular complexity index is 631. The number of nitrogens with zero attached hydrogens (tertiary/aromatic N) is 3. The lowest BCUT2D eigenvalue weighted by molar-refractivity contribution is 0.250. The molecule has 2 N–H and O–H groups in total. The zero-order valence-electron chi connectivity index (χ0n) is 10.1. The average molecular weight is 277 g/mol. The van der Waals surface area contributed by atoms with Gasteiger partial charge in [0.05, 0.1) is 5.39 Å². The number of fused-ring (bicyclic) bond motifs is 1. The summed E-state index contributed by atoms with van der Waals surface area (Å²) in [7, 11) is 0. The SMILES string of the molecule is OC[C@H]1C=C[C@@H](Nc2ncnc3nc(Cl)ccc23)C1. The molecule has 0 amide bonds. The number of hydrogen-bond donors (Lipinski definition) is 2. The van der Waals surface area contributed by atoms with Crippen LogP contribution in [0, 0.1) is 5.92 Å². The maximum absolute atomic E-state index is 9.12. The topological polar surface area (TPSA) is 70.9 Å². The fourth-order valence-electron chi connectivity index (χ4n) is 2.23. The van der Waals surface area contributed by atoms with E-state index >= 15 is 0 Å². The summed E-state index contributed by atoms with van der Waals surface area (Å²) in [5.74, 6) is 0.959. The highest BCUT2D eigenvalue weighted by molar-refractivity contribution is 6.29. The van der Waals surface area contributed by atoms with Gasteiger partial charge in [0, 0.05) is 18.6 Å². The lowest BCUT2D eigenvalue weighted by Crippen LogP contribution is -2.17. The Labute approximate surface area is 115 Å². The largest absolute Gasteiger partial charge is 0.396 e. The number of aromatic nitrogens is 3. The van der Waals surface area contributed by atoms with Gasteiger partial charge in [0.1, 0.15) is 17.3 Å². The summed E-state index contributed by atoms with van der Waals surface area (Å²) in [6, 6.07) is 3.75. The second kappa shape index (κ2) is 5.11. The molecule has 0 spiro atoms. The Hall–Kier alpha value is -1.72. The van der Waals surface area contributed by atoms with Gasteiger partial charge in [0.2, 0.25) is 0 Å². The quantitative estimate of drug-likeness (QED) is 0.663. The van der Waals surface area contributed by atoms with Crippen LogP contribution in [0.1, 0.15) is 6.42 Å². The molecule has 3 rings (SSSR count). The molecular weight excluding hydrogens is 264 g/mol. The molecule has 2 heterocycles. The first-order valence-electron chi connectivity index (χ1n) is 6.09. The Morgan fingerprint density at radius 3 is 3.00 bits per heavy atom. The van der Waals surface area contributed by atoms with E-state index in [-0.39, 0.29) is 18.6 Å². The Kier molecular flexibility index (Phi) is 3.31.